The van der Waals surface area contributed by atoms with Crippen molar-refractivity contribution in [2.45, 2.75) is 11.3 Å². The summed E-state index contributed by atoms with van der Waals surface area (Å²) in [5.41, 5.74) is 0.291. The van der Waals surface area contributed by atoms with Crippen LogP contribution in [0, 0.1) is 11.3 Å². The Morgan fingerprint density at radius 3 is 2.43 bits per heavy atom. The molecule has 1 atom stereocenters. The number of carbonyl (C=O) groups is 2. The first-order valence-electron chi connectivity index (χ1n) is 6.86. The Morgan fingerprint density at radius 1 is 1.13 bits per heavy atom. The van der Waals surface area contributed by atoms with Crippen molar-refractivity contribution in [3.8, 4) is 6.07 Å². The van der Waals surface area contributed by atoms with Crippen LogP contribution < -0.4 is 0 Å². The Kier molecular flexibility index (Phi) is 5.39. The molecule has 2 aromatic carbocycles. The molecule has 0 heterocycles. The first kappa shape index (κ1) is 16.6. The molecule has 0 bridgehead atoms. The molecular weight excluding hydrogens is 312 g/mol. The van der Waals surface area contributed by atoms with Gasteiger partial charge in [-0.1, -0.05) is 36.4 Å². The van der Waals surface area contributed by atoms with Gasteiger partial charge >= 0.3 is 0 Å². The van der Waals surface area contributed by atoms with E-state index in [2.05, 4.69) is 4.36 Å². The molecule has 0 saturated heterocycles. The molecule has 5 nitrogen and oxygen atoms in total. The molecular formula is C17H14N2O3S. The molecule has 23 heavy (non-hydrogen) atoms. The van der Waals surface area contributed by atoms with E-state index < -0.39 is 15.6 Å². The molecule has 0 saturated carbocycles. The third kappa shape index (κ3) is 3.90. The SMILES string of the molecule is N#CCCS(=O)(=NC(=O)c1ccccc1C=O)c1ccccc1. The Morgan fingerprint density at radius 2 is 1.78 bits per heavy atom. The number of rotatable bonds is 5. The molecule has 2 rings (SSSR count). The molecule has 0 spiro atoms. The Balaban J connectivity index is 2.54. The summed E-state index contributed by atoms with van der Waals surface area (Å²) in [4.78, 5) is 23.8. The lowest BCUT2D eigenvalue weighted by atomic mass is 10.1. The fraction of sp³-hybridized carbons (Fsp3) is 0.118. The van der Waals surface area contributed by atoms with Gasteiger partial charge in [-0.2, -0.15) is 9.62 Å². The third-order valence-corrected chi connectivity index (χ3v) is 5.38. The molecule has 0 aliphatic carbocycles. The quantitative estimate of drug-likeness (QED) is 0.790. The number of amides is 1. The van der Waals surface area contributed by atoms with Gasteiger partial charge in [-0.15, -0.1) is 0 Å². The van der Waals surface area contributed by atoms with Gasteiger partial charge < -0.3 is 0 Å². The maximum absolute atomic E-state index is 13.1. The lowest BCUT2D eigenvalue weighted by Gasteiger charge is -2.08. The predicted octanol–water partition coefficient (Wildman–Crippen LogP) is 3.08. The fourth-order valence-electron chi connectivity index (χ4n) is 2.01. The Bertz CT molecular complexity index is 876. The average Bonchev–Trinajstić information content (AvgIpc) is 2.60. The monoisotopic (exact) mass is 326 g/mol. The van der Waals surface area contributed by atoms with Gasteiger partial charge in [0.1, 0.15) is 0 Å². The number of benzene rings is 2. The first-order chi connectivity index (χ1) is 11.1. The van der Waals surface area contributed by atoms with Gasteiger partial charge in [0.25, 0.3) is 5.91 Å². The number of aldehydes is 1. The second-order valence-electron chi connectivity index (χ2n) is 4.67. The zero-order valence-electron chi connectivity index (χ0n) is 12.2. The van der Waals surface area contributed by atoms with Crippen molar-refractivity contribution < 1.29 is 13.8 Å². The van der Waals surface area contributed by atoms with Crippen molar-refractivity contribution >= 4 is 21.9 Å². The van der Waals surface area contributed by atoms with Crippen LogP contribution in [-0.4, -0.2) is 22.2 Å². The minimum absolute atomic E-state index is 0.0137. The lowest BCUT2D eigenvalue weighted by molar-refractivity contribution is 0.0997. The van der Waals surface area contributed by atoms with Crippen LogP contribution in [0.4, 0.5) is 0 Å². The van der Waals surface area contributed by atoms with Crippen LogP contribution in [0.2, 0.25) is 0 Å². The van der Waals surface area contributed by atoms with Gasteiger partial charge in [0.2, 0.25) is 0 Å². The predicted molar refractivity (Wildman–Crippen MR) is 86.5 cm³/mol. The van der Waals surface area contributed by atoms with Crippen LogP contribution in [0.3, 0.4) is 0 Å². The number of hydrogen-bond donors (Lipinski definition) is 0. The summed E-state index contributed by atoms with van der Waals surface area (Å²) in [7, 11) is -3.07. The minimum Gasteiger partial charge on any atom is -0.298 e. The van der Waals surface area contributed by atoms with Crippen molar-refractivity contribution in [2.75, 3.05) is 5.75 Å². The number of nitrogens with zero attached hydrogens (tertiary/aromatic N) is 2. The maximum Gasteiger partial charge on any atom is 0.286 e. The molecule has 0 radical (unpaired) electrons. The summed E-state index contributed by atoms with van der Waals surface area (Å²) >= 11 is 0. The number of hydrogen-bond acceptors (Lipinski definition) is 4. The van der Waals surface area contributed by atoms with Gasteiger partial charge in [0.05, 0.1) is 21.4 Å². The van der Waals surface area contributed by atoms with Gasteiger partial charge in [-0.05, 0) is 18.2 Å². The molecule has 2 aromatic rings. The van der Waals surface area contributed by atoms with Crippen LogP contribution in [0.5, 0.6) is 0 Å². The zero-order valence-corrected chi connectivity index (χ0v) is 13.0. The van der Waals surface area contributed by atoms with E-state index >= 15 is 0 Å². The molecule has 1 amide bonds. The van der Waals surface area contributed by atoms with E-state index in [0.717, 1.165) is 0 Å². The van der Waals surface area contributed by atoms with Gasteiger partial charge in [-0.3, -0.25) is 9.59 Å². The molecule has 0 fully saturated rings. The maximum atomic E-state index is 13.1. The van der Waals surface area contributed by atoms with Gasteiger partial charge in [-0.25, -0.2) is 4.21 Å². The highest BCUT2D eigenvalue weighted by atomic mass is 32.2. The van der Waals surface area contributed by atoms with E-state index in [1.807, 2.05) is 6.07 Å². The zero-order chi connectivity index (χ0) is 16.7. The highest BCUT2D eigenvalue weighted by Crippen LogP contribution is 2.17. The summed E-state index contributed by atoms with van der Waals surface area (Å²) in [5.74, 6) is -0.762. The van der Waals surface area contributed by atoms with Crippen LogP contribution in [0.15, 0.2) is 63.9 Å². The summed E-state index contributed by atoms with van der Waals surface area (Å²) in [6.07, 6.45) is 0.572. The molecule has 0 aromatic heterocycles. The average molecular weight is 326 g/mol. The van der Waals surface area contributed by atoms with Crippen molar-refractivity contribution in [1.29, 1.82) is 5.26 Å². The second kappa shape index (κ2) is 7.47. The van der Waals surface area contributed by atoms with Gasteiger partial charge in [0.15, 0.2) is 6.29 Å². The standard InChI is InChI=1S/C17H14N2O3S/c18-11-6-12-23(22,15-8-2-1-3-9-15)19-17(21)16-10-5-4-7-14(16)13-20/h1-5,7-10,13H,6,12H2. The topological polar surface area (TPSA) is 87.4 Å². The summed E-state index contributed by atoms with van der Waals surface area (Å²) in [6.45, 7) is 0. The number of carbonyl (C=O) groups excluding carboxylic acids is 2. The van der Waals surface area contributed by atoms with Crippen molar-refractivity contribution in [1.82, 2.24) is 0 Å². The largest absolute Gasteiger partial charge is 0.298 e. The highest BCUT2D eigenvalue weighted by Gasteiger charge is 2.17. The van der Waals surface area contributed by atoms with Crippen molar-refractivity contribution in [3.63, 3.8) is 0 Å². The molecule has 6 heteroatoms. The summed E-state index contributed by atoms with van der Waals surface area (Å²) < 4.78 is 17.0. The van der Waals surface area contributed by atoms with Gasteiger partial charge in [0, 0.05) is 22.6 Å². The normalized spacial score (nSPS) is 12.7. The smallest absolute Gasteiger partial charge is 0.286 e. The summed E-state index contributed by atoms with van der Waals surface area (Å²) in [6, 6.07) is 16.5. The van der Waals surface area contributed by atoms with E-state index in [-0.39, 0.29) is 23.3 Å². The van der Waals surface area contributed by atoms with Crippen molar-refractivity contribution in [2.24, 2.45) is 4.36 Å². The van der Waals surface area contributed by atoms with E-state index in [1.165, 1.54) is 12.1 Å². The molecule has 0 N–H and O–H groups in total. The highest BCUT2D eigenvalue weighted by molar-refractivity contribution is 7.94. The van der Waals surface area contributed by atoms with E-state index in [9.17, 15) is 13.8 Å². The Labute approximate surface area is 134 Å². The van der Waals surface area contributed by atoms with Crippen LogP contribution in [-0.2, 0) is 9.73 Å². The molecule has 0 aliphatic rings. The third-order valence-electron chi connectivity index (χ3n) is 3.15. The summed E-state index contributed by atoms with van der Waals surface area (Å²) in [5, 5.41) is 8.76. The van der Waals surface area contributed by atoms with Crippen molar-refractivity contribution in [3.05, 3.63) is 65.7 Å². The number of nitriles is 1. The van der Waals surface area contributed by atoms with E-state index in [1.54, 1.807) is 42.5 Å². The van der Waals surface area contributed by atoms with E-state index in [0.29, 0.717) is 11.2 Å². The molecule has 0 aliphatic heterocycles. The first-order valence-corrected chi connectivity index (χ1v) is 8.54. The van der Waals surface area contributed by atoms with Crippen LogP contribution in [0.1, 0.15) is 27.1 Å². The molecule has 1 unspecified atom stereocenters. The second-order valence-corrected chi connectivity index (χ2v) is 7.01. The van der Waals surface area contributed by atoms with Crippen LogP contribution >= 0.6 is 0 Å². The van der Waals surface area contributed by atoms with Crippen LogP contribution in [0.25, 0.3) is 0 Å². The minimum atomic E-state index is -3.07. The lowest BCUT2D eigenvalue weighted by Crippen LogP contribution is -2.11. The Hall–Kier alpha value is -2.78. The fourth-order valence-corrected chi connectivity index (χ4v) is 3.76. The molecule has 116 valence electrons. The van der Waals surface area contributed by atoms with E-state index in [4.69, 9.17) is 5.26 Å².